The minimum atomic E-state index is -0.471. The molecule has 1 aliphatic carbocycles. The highest BCUT2D eigenvalue weighted by Crippen LogP contribution is 2.30. The molecule has 2 unspecified atom stereocenters. The van der Waals surface area contributed by atoms with E-state index in [1.807, 2.05) is 39.0 Å². The van der Waals surface area contributed by atoms with Crippen molar-refractivity contribution < 1.29 is 9.53 Å². The first kappa shape index (κ1) is 17.6. The van der Waals surface area contributed by atoms with Gasteiger partial charge in [0.15, 0.2) is 0 Å². The normalized spacial score (nSPS) is 21.0. The zero-order valence-corrected chi connectivity index (χ0v) is 14.8. The van der Waals surface area contributed by atoms with Gasteiger partial charge >= 0.3 is 6.09 Å². The van der Waals surface area contributed by atoms with Crippen LogP contribution in [0, 0.1) is 5.92 Å². The summed E-state index contributed by atoms with van der Waals surface area (Å²) in [5.41, 5.74) is 1.74. The van der Waals surface area contributed by atoms with Crippen LogP contribution in [0.3, 0.4) is 0 Å². The molecule has 4 heteroatoms. The number of hydrogen-bond acceptors (Lipinski definition) is 3. The Kier molecular flexibility index (Phi) is 5.91. The van der Waals surface area contributed by atoms with Gasteiger partial charge in [-0.1, -0.05) is 31.5 Å². The number of anilines is 1. The fourth-order valence-electron chi connectivity index (χ4n) is 3.09. The van der Waals surface area contributed by atoms with Crippen molar-refractivity contribution in [2.45, 2.75) is 71.6 Å². The van der Waals surface area contributed by atoms with Crippen LogP contribution in [-0.4, -0.2) is 17.7 Å². The van der Waals surface area contributed by atoms with E-state index >= 15 is 0 Å². The first-order valence-electron chi connectivity index (χ1n) is 8.68. The molecule has 4 nitrogen and oxygen atoms in total. The van der Waals surface area contributed by atoms with E-state index in [2.05, 4.69) is 23.6 Å². The molecule has 0 spiro atoms. The highest BCUT2D eigenvalue weighted by atomic mass is 16.6. The molecular weight excluding hydrogens is 288 g/mol. The summed E-state index contributed by atoms with van der Waals surface area (Å²) in [6, 6.07) is 8.71. The van der Waals surface area contributed by atoms with Crippen molar-refractivity contribution in [3.63, 3.8) is 0 Å². The number of para-hydroxylation sites is 1. The van der Waals surface area contributed by atoms with E-state index in [1.54, 1.807) is 0 Å². The van der Waals surface area contributed by atoms with Crippen LogP contribution in [-0.2, 0) is 11.3 Å². The van der Waals surface area contributed by atoms with Crippen molar-refractivity contribution >= 4 is 11.8 Å². The van der Waals surface area contributed by atoms with Crippen molar-refractivity contribution in [3.05, 3.63) is 29.8 Å². The Balaban J connectivity index is 1.91. The van der Waals surface area contributed by atoms with E-state index in [9.17, 15) is 4.79 Å². The number of ether oxygens (including phenoxy) is 1. The lowest BCUT2D eigenvalue weighted by Gasteiger charge is -2.21. The third-order valence-corrected chi connectivity index (χ3v) is 4.32. The highest BCUT2D eigenvalue weighted by molar-refractivity contribution is 5.68. The number of carbonyl (C=O) groups is 1. The molecule has 128 valence electrons. The monoisotopic (exact) mass is 318 g/mol. The predicted molar refractivity (Wildman–Crippen MR) is 94.6 cm³/mol. The Morgan fingerprint density at radius 1 is 1.26 bits per heavy atom. The molecular formula is C19H30N2O2. The zero-order chi connectivity index (χ0) is 16.9. The summed E-state index contributed by atoms with van der Waals surface area (Å²) in [7, 11) is 0. The molecule has 2 atom stereocenters. The minimum Gasteiger partial charge on any atom is -0.444 e. The lowest BCUT2D eigenvalue weighted by Crippen LogP contribution is -2.32. The second-order valence-electron chi connectivity index (χ2n) is 7.44. The van der Waals surface area contributed by atoms with Gasteiger partial charge in [-0.05, 0) is 57.6 Å². The van der Waals surface area contributed by atoms with Crippen LogP contribution in [0.15, 0.2) is 24.3 Å². The number of amides is 1. The third kappa shape index (κ3) is 5.77. The van der Waals surface area contributed by atoms with E-state index in [-0.39, 0.29) is 6.09 Å². The topological polar surface area (TPSA) is 50.4 Å². The van der Waals surface area contributed by atoms with Crippen LogP contribution in [0.1, 0.15) is 58.9 Å². The molecule has 1 aromatic rings. The number of nitrogens with one attached hydrogen (secondary N) is 2. The molecule has 0 heterocycles. The molecule has 2 rings (SSSR count). The van der Waals surface area contributed by atoms with Crippen LogP contribution in [0.25, 0.3) is 0 Å². The summed E-state index contributed by atoms with van der Waals surface area (Å²) in [5, 5.41) is 6.49. The maximum absolute atomic E-state index is 11.8. The molecule has 0 saturated heterocycles. The van der Waals surface area contributed by atoms with Crippen LogP contribution >= 0.6 is 0 Å². The van der Waals surface area contributed by atoms with E-state index in [4.69, 9.17) is 4.74 Å². The average Bonchev–Trinajstić information content (AvgIpc) is 2.92. The Hall–Kier alpha value is -1.71. The van der Waals surface area contributed by atoms with Gasteiger partial charge in [0, 0.05) is 18.3 Å². The molecule has 0 bridgehead atoms. The Morgan fingerprint density at radius 3 is 2.65 bits per heavy atom. The van der Waals surface area contributed by atoms with Gasteiger partial charge in [-0.15, -0.1) is 0 Å². The van der Waals surface area contributed by atoms with Gasteiger partial charge in [-0.3, -0.25) is 0 Å². The summed E-state index contributed by atoms with van der Waals surface area (Å²) in [5.74, 6) is 0.847. The summed E-state index contributed by atoms with van der Waals surface area (Å²) in [6.45, 7) is 8.35. The van der Waals surface area contributed by atoms with Crippen molar-refractivity contribution in [2.75, 3.05) is 5.32 Å². The van der Waals surface area contributed by atoms with Crippen LogP contribution in [0.4, 0.5) is 10.5 Å². The second kappa shape index (κ2) is 7.71. The van der Waals surface area contributed by atoms with Gasteiger partial charge in [-0.25, -0.2) is 4.79 Å². The maximum atomic E-state index is 11.8. The van der Waals surface area contributed by atoms with E-state index in [0.29, 0.717) is 12.6 Å². The highest BCUT2D eigenvalue weighted by Gasteiger charge is 2.23. The van der Waals surface area contributed by atoms with Gasteiger partial charge in [0.1, 0.15) is 5.60 Å². The summed E-state index contributed by atoms with van der Waals surface area (Å²) in [6.07, 6.45) is 4.67. The quantitative estimate of drug-likeness (QED) is 0.827. The maximum Gasteiger partial charge on any atom is 0.407 e. The van der Waals surface area contributed by atoms with Gasteiger partial charge in [-0.2, -0.15) is 0 Å². The van der Waals surface area contributed by atoms with Gasteiger partial charge in [0.2, 0.25) is 0 Å². The SMILES string of the molecule is CCC1CCC(Nc2ccccc2CNC(=O)OC(C)(C)C)C1. The third-order valence-electron chi connectivity index (χ3n) is 4.32. The molecule has 1 aromatic carbocycles. The fourth-order valence-corrected chi connectivity index (χ4v) is 3.09. The average molecular weight is 318 g/mol. The van der Waals surface area contributed by atoms with E-state index in [0.717, 1.165) is 17.2 Å². The van der Waals surface area contributed by atoms with E-state index < -0.39 is 5.60 Å². The standard InChI is InChI=1S/C19H30N2O2/c1-5-14-10-11-16(12-14)21-17-9-7-6-8-15(17)13-20-18(22)23-19(2,3)4/h6-9,14,16,21H,5,10-13H2,1-4H3,(H,20,22). The van der Waals surface area contributed by atoms with Crippen LogP contribution in [0.5, 0.6) is 0 Å². The molecule has 0 radical (unpaired) electrons. The smallest absolute Gasteiger partial charge is 0.407 e. The molecule has 1 fully saturated rings. The molecule has 0 aliphatic heterocycles. The van der Waals surface area contributed by atoms with E-state index in [1.165, 1.54) is 25.7 Å². The lowest BCUT2D eigenvalue weighted by atomic mass is 10.1. The number of alkyl carbamates (subject to hydrolysis) is 1. The Bertz CT molecular complexity index is 522. The first-order valence-corrected chi connectivity index (χ1v) is 8.68. The second-order valence-corrected chi connectivity index (χ2v) is 7.44. The zero-order valence-electron chi connectivity index (χ0n) is 14.8. The van der Waals surface area contributed by atoms with Gasteiger partial charge < -0.3 is 15.4 Å². The first-order chi connectivity index (χ1) is 10.9. The summed E-state index contributed by atoms with van der Waals surface area (Å²) in [4.78, 5) is 11.8. The predicted octanol–water partition coefficient (Wildman–Crippen LogP) is 4.70. The molecule has 23 heavy (non-hydrogen) atoms. The molecule has 0 aromatic heterocycles. The molecule has 2 N–H and O–H groups in total. The fraction of sp³-hybridized carbons (Fsp3) is 0.632. The lowest BCUT2D eigenvalue weighted by molar-refractivity contribution is 0.0523. The molecule has 1 saturated carbocycles. The number of hydrogen-bond donors (Lipinski definition) is 2. The summed E-state index contributed by atoms with van der Waals surface area (Å²) >= 11 is 0. The van der Waals surface area contributed by atoms with Crippen molar-refractivity contribution in [1.82, 2.24) is 5.32 Å². The number of rotatable bonds is 5. The number of carbonyl (C=O) groups excluding carboxylic acids is 1. The Morgan fingerprint density at radius 2 is 2.00 bits per heavy atom. The van der Waals surface area contributed by atoms with Crippen LogP contribution < -0.4 is 10.6 Å². The van der Waals surface area contributed by atoms with Gasteiger partial charge in [0.25, 0.3) is 0 Å². The molecule has 1 amide bonds. The number of benzene rings is 1. The summed E-state index contributed by atoms with van der Waals surface area (Å²) < 4.78 is 5.29. The van der Waals surface area contributed by atoms with Crippen molar-refractivity contribution in [1.29, 1.82) is 0 Å². The van der Waals surface area contributed by atoms with Crippen molar-refractivity contribution in [3.8, 4) is 0 Å². The largest absolute Gasteiger partial charge is 0.444 e. The minimum absolute atomic E-state index is 0.376. The molecule has 1 aliphatic rings. The van der Waals surface area contributed by atoms with Crippen LogP contribution in [0.2, 0.25) is 0 Å². The van der Waals surface area contributed by atoms with Crippen molar-refractivity contribution in [2.24, 2.45) is 5.92 Å². The van der Waals surface area contributed by atoms with Gasteiger partial charge in [0.05, 0.1) is 0 Å². The Labute approximate surface area is 140 Å².